The number of aliphatic hydroxyl groups is 1. The molecule has 0 bridgehead atoms. The van der Waals surface area contributed by atoms with Crippen molar-refractivity contribution < 1.29 is 15.4 Å². The molecule has 10 heavy (non-hydrogen) atoms. The molecule has 0 fully saturated rings. The highest BCUT2D eigenvalue weighted by atomic mass is 16.3. The average Bonchev–Trinajstić information content (AvgIpc) is 1.89. The van der Waals surface area contributed by atoms with Crippen molar-refractivity contribution in [1.82, 2.24) is 0 Å². The van der Waals surface area contributed by atoms with E-state index in [0.29, 0.717) is 0 Å². The molecule has 0 aromatic carbocycles. The first-order valence-corrected chi connectivity index (χ1v) is 2.59. The third-order valence-corrected chi connectivity index (χ3v) is 1.09. The summed E-state index contributed by atoms with van der Waals surface area (Å²) in [6, 6.07) is 0. The van der Waals surface area contributed by atoms with Crippen molar-refractivity contribution in [2.24, 2.45) is 0 Å². The third-order valence-electron chi connectivity index (χ3n) is 1.09. The topological polar surface area (TPSA) is 88.1 Å². The number of hydrogen-bond acceptors (Lipinski definition) is 1. The molecule has 1 unspecified atom stereocenters. The summed E-state index contributed by atoms with van der Waals surface area (Å²) in [5, 5.41) is 8.94. The number of hydrogen-bond donors (Lipinski definition) is 1. The molecule has 1 aliphatic rings. The molecule has 0 saturated heterocycles. The second kappa shape index (κ2) is 3.74. The van der Waals surface area contributed by atoms with Gasteiger partial charge in [-0.05, 0) is 6.08 Å². The Labute approximate surface area is 58.0 Å². The van der Waals surface area contributed by atoms with Gasteiger partial charge < -0.3 is 16.1 Å². The predicted octanol–water partition coefficient (Wildman–Crippen LogP) is -0.681. The molecule has 1 rings (SSSR count). The molecule has 0 aromatic heterocycles. The lowest BCUT2D eigenvalue weighted by atomic mass is 10.1. The van der Waals surface area contributed by atoms with Crippen LogP contribution in [0.4, 0.5) is 0 Å². The van der Waals surface area contributed by atoms with Crippen LogP contribution in [0.5, 0.6) is 0 Å². The van der Waals surface area contributed by atoms with Gasteiger partial charge in [-0.3, -0.25) is 0 Å². The number of allylic oxidation sites excluding steroid dienone is 2. The van der Waals surface area contributed by atoms with Gasteiger partial charge in [-0.25, -0.2) is 0 Å². The van der Waals surface area contributed by atoms with Gasteiger partial charge in [0.25, 0.3) is 0 Å². The van der Waals surface area contributed by atoms with Crippen LogP contribution in [0.25, 0.3) is 5.53 Å². The molecular formula is C6H8N2O2. The van der Waals surface area contributed by atoms with Crippen molar-refractivity contribution in [3.8, 4) is 0 Å². The fraction of sp³-hybridized carbons (Fsp3) is 0.167. The molecule has 3 N–H and O–H groups in total. The molecular weight excluding hydrogens is 132 g/mol. The molecule has 0 spiro atoms. The number of rotatable bonds is 0. The molecule has 0 aliphatic heterocycles. The maximum absolute atomic E-state index is 8.94. The lowest BCUT2D eigenvalue weighted by Gasteiger charge is -1.97. The second-order valence-electron chi connectivity index (χ2n) is 1.71. The Hall–Kier alpha value is -1.22. The molecule has 54 valence electrons. The highest BCUT2D eigenvalue weighted by Gasteiger charge is 2.15. The van der Waals surface area contributed by atoms with E-state index in [1.165, 1.54) is 6.08 Å². The van der Waals surface area contributed by atoms with Crippen molar-refractivity contribution in [3.63, 3.8) is 0 Å². The van der Waals surface area contributed by atoms with E-state index in [2.05, 4.69) is 4.79 Å². The van der Waals surface area contributed by atoms with Gasteiger partial charge >= 0.3 is 5.71 Å². The maximum Gasteiger partial charge on any atom is 0.324 e. The zero-order valence-corrected chi connectivity index (χ0v) is 5.23. The zero-order valence-electron chi connectivity index (χ0n) is 5.23. The van der Waals surface area contributed by atoms with Crippen LogP contribution in [0.1, 0.15) is 0 Å². The number of aliphatic hydroxyl groups excluding tert-OH is 1. The van der Waals surface area contributed by atoms with Crippen LogP contribution < -0.4 is 0 Å². The van der Waals surface area contributed by atoms with Crippen molar-refractivity contribution >= 4 is 5.71 Å². The summed E-state index contributed by atoms with van der Waals surface area (Å²) in [6.45, 7) is 0. The van der Waals surface area contributed by atoms with Gasteiger partial charge in [0, 0.05) is 6.08 Å². The van der Waals surface area contributed by atoms with Crippen molar-refractivity contribution in [2.45, 2.75) is 6.10 Å². The van der Waals surface area contributed by atoms with Crippen LogP contribution >= 0.6 is 0 Å². The van der Waals surface area contributed by atoms with E-state index in [4.69, 9.17) is 10.6 Å². The third kappa shape index (κ3) is 1.63. The van der Waals surface area contributed by atoms with Gasteiger partial charge in [0.15, 0.2) is 6.10 Å². The minimum Gasteiger partial charge on any atom is -0.412 e. The van der Waals surface area contributed by atoms with Crippen LogP contribution in [-0.4, -0.2) is 27.2 Å². The minimum atomic E-state index is -0.750. The van der Waals surface area contributed by atoms with Gasteiger partial charge in [-0.2, -0.15) is 4.79 Å². The molecule has 0 heterocycles. The monoisotopic (exact) mass is 140 g/mol. The van der Waals surface area contributed by atoms with Gasteiger partial charge in [-0.1, -0.05) is 12.2 Å². The van der Waals surface area contributed by atoms with E-state index < -0.39 is 6.10 Å². The maximum atomic E-state index is 8.94. The van der Waals surface area contributed by atoms with E-state index in [1.54, 1.807) is 18.2 Å². The fourth-order valence-electron chi connectivity index (χ4n) is 0.613. The summed E-state index contributed by atoms with van der Waals surface area (Å²) in [4.78, 5) is 2.86. The summed E-state index contributed by atoms with van der Waals surface area (Å²) < 4.78 is 0. The average molecular weight is 140 g/mol. The Kier molecular flexibility index (Phi) is 3.28. The first-order chi connectivity index (χ1) is 4.34. The first-order valence-electron chi connectivity index (χ1n) is 2.59. The lowest BCUT2D eigenvalue weighted by molar-refractivity contribution is -0.0151. The quantitative estimate of drug-likeness (QED) is 0.350. The van der Waals surface area contributed by atoms with E-state index in [1.807, 2.05) is 0 Å². The van der Waals surface area contributed by atoms with Gasteiger partial charge in [0.05, 0.1) is 0 Å². The summed E-state index contributed by atoms with van der Waals surface area (Å²) >= 11 is 0. The van der Waals surface area contributed by atoms with E-state index >= 15 is 0 Å². The summed E-state index contributed by atoms with van der Waals surface area (Å²) in [7, 11) is 0. The highest BCUT2D eigenvalue weighted by molar-refractivity contribution is 5.96. The Bertz CT molecular complexity index is 214. The molecule has 1 aliphatic carbocycles. The second-order valence-corrected chi connectivity index (χ2v) is 1.71. The Morgan fingerprint density at radius 1 is 1.50 bits per heavy atom. The largest absolute Gasteiger partial charge is 0.412 e. The van der Waals surface area contributed by atoms with Crippen molar-refractivity contribution in [1.29, 1.82) is 0 Å². The normalized spacial score (nSPS) is 21.7. The molecule has 0 radical (unpaired) electrons. The van der Waals surface area contributed by atoms with Crippen LogP contribution in [0.3, 0.4) is 0 Å². The lowest BCUT2D eigenvalue weighted by Crippen LogP contribution is -2.17. The zero-order chi connectivity index (χ0) is 6.69. The van der Waals surface area contributed by atoms with Crippen LogP contribution in [0.15, 0.2) is 24.3 Å². The van der Waals surface area contributed by atoms with Crippen LogP contribution in [0.2, 0.25) is 0 Å². The minimum absolute atomic E-state index is 0. The first kappa shape index (κ1) is 8.78. The SMILES string of the molecule is O.[N-]=[N+]=C1C=CC=CC1O. The molecule has 0 aromatic rings. The molecule has 1 atom stereocenters. The molecule has 4 heteroatoms. The van der Waals surface area contributed by atoms with E-state index in [-0.39, 0.29) is 11.2 Å². The highest BCUT2D eigenvalue weighted by Crippen LogP contribution is 1.96. The molecule has 0 amide bonds. The standard InChI is InChI=1S/C6H6N2O.H2O/c7-8-5-3-1-2-4-6(5)9;/h1-4,6,9H;1H2. The van der Waals surface area contributed by atoms with Gasteiger partial charge in [0.1, 0.15) is 0 Å². The Balaban J connectivity index is 0.000000810. The summed E-state index contributed by atoms with van der Waals surface area (Å²) in [5.41, 5.74) is 8.48. The van der Waals surface area contributed by atoms with E-state index in [9.17, 15) is 0 Å². The molecule has 0 saturated carbocycles. The Morgan fingerprint density at radius 3 is 2.60 bits per heavy atom. The van der Waals surface area contributed by atoms with E-state index in [0.717, 1.165) is 0 Å². The van der Waals surface area contributed by atoms with Crippen LogP contribution in [-0.2, 0) is 0 Å². The fourth-order valence-corrected chi connectivity index (χ4v) is 0.613. The van der Waals surface area contributed by atoms with Crippen molar-refractivity contribution in [2.75, 3.05) is 0 Å². The summed E-state index contributed by atoms with van der Waals surface area (Å²) in [6.07, 6.45) is 5.72. The summed E-state index contributed by atoms with van der Waals surface area (Å²) in [5.74, 6) is 0. The smallest absolute Gasteiger partial charge is 0.324 e. The predicted molar refractivity (Wildman–Crippen MR) is 36.5 cm³/mol. The van der Waals surface area contributed by atoms with Gasteiger partial charge in [0.2, 0.25) is 0 Å². The number of nitrogens with zero attached hydrogens (tertiary/aromatic N) is 2. The van der Waals surface area contributed by atoms with Crippen LogP contribution in [0, 0.1) is 0 Å². The van der Waals surface area contributed by atoms with Gasteiger partial charge in [-0.15, -0.1) is 0 Å². The van der Waals surface area contributed by atoms with Crippen molar-refractivity contribution in [3.05, 3.63) is 29.8 Å². The Morgan fingerprint density at radius 2 is 2.20 bits per heavy atom. The molecule has 4 nitrogen and oxygen atoms in total.